The van der Waals surface area contributed by atoms with Gasteiger partial charge < -0.3 is 9.80 Å². The molecule has 2 aliphatic heterocycles. The summed E-state index contributed by atoms with van der Waals surface area (Å²) in [4.78, 5) is 14.9. The number of pyridine rings is 1. The summed E-state index contributed by atoms with van der Waals surface area (Å²) in [5.41, 5.74) is 16.4. The lowest BCUT2D eigenvalue weighted by atomic mass is 9.33. The van der Waals surface area contributed by atoms with Crippen molar-refractivity contribution in [2.45, 2.75) is 26.2 Å². The summed E-state index contributed by atoms with van der Waals surface area (Å²) >= 11 is 1.75. The van der Waals surface area contributed by atoms with Crippen molar-refractivity contribution < 1.29 is 0 Å². The van der Waals surface area contributed by atoms with Gasteiger partial charge in [0, 0.05) is 45.9 Å². The van der Waals surface area contributed by atoms with Gasteiger partial charge in [0.25, 0.3) is 6.71 Å². The molecule has 0 spiro atoms. The fourth-order valence-electron chi connectivity index (χ4n) is 8.00. The average Bonchev–Trinajstić information content (AvgIpc) is 3.62. The van der Waals surface area contributed by atoms with E-state index in [1.807, 2.05) is 6.20 Å². The topological polar surface area (TPSA) is 32.3 Å². The molecule has 6 aromatic carbocycles. The van der Waals surface area contributed by atoms with Gasteiger partial charge in [-0.05, 0) is 112 Å². The number of para-hydroxylation sites is 3. The highest BCUT2D eigenvalue weighted by Gasteiger charge is 2.43. The van der Waals surface area contributed by atoms with Crippen LogP contribution in [-0.4, -0.2) is 16.7 Å². The standard InChI is InChI=1S/C46H35BN4S/c1-46(2,3)32-25-26-48-38(29-32)30-21-23-39-35(27-30)47-36-28-31(45-49-37-17-10-11-20-43(37)52-45)22-24-40(36)51(34-15-8-5-9-16-34)42-19-12-18-41(44(42)47)50(39)33-13-6-4-7-14-33/h4-29H,1-3H3. The summed E-state index contributed by atoms with van der Waals surface area (Å²) in [6, 6.07) is 55.0. The van der Waals surface area contributed by atoms with Crippen LogP contribution in [0.2, 0.25) is 0 Å². The second-order valence-electron chi connectivity index (χ2n) is 14.7. The van der Waals surface area contributed by atoms with Crippen molar-refractivity contribution in [3.63, 3.8) is 0 Å². The Labute approximate surface area is 308 Å². The third kappa shape index (κ3) is 4.90. The molecule has 4 nitrogen and oxygen atoms in total. The largest absolute Gasteiger partial charge is 0.311 e. The molecular weight excluding hydrogens is 651 g/mol. The Hall–Kier alpha value is -5.98. The zero-order valence-corrected chi connectivity index (χ0v) is 30.1. The monoisotopic (exact) mass is 686 g/mol. The van der Waals surface area contributed by atoms with Gasteiger partial charge in [-0.1, -0.05) is 93.6 Å². The Morgan fingerprint density at radius 1 is 0.558 bits per heavy atom. The first kappa shape index (κ1) is 30.8. The number of nitrogens with zero attached hydrogens (tertiary/aromatic N) is 4. The van der Waals surface area contributed by atoms with Gasteiger partial charge in [0.2, 0.25) is 0 Å². The van der Waals surface area contributed by atoms with Crippen molar-refractivity contribution >= 4 is 78.8 Å². The molecule has 0 aliphatic carbocycles. The summed E-state index contributed by atoms with van der Waals surface area (Å²) in [6.45, 7) is 6.76. The molecule has 0 atom stereocenters. The average molecular weight is 687 g/mol. The number of fused-ring (bicyclic) bond motifs is 5. The van der Waals surface area contributed by atoms with E-state index in [4.69, 9.17) is 9.97 Å². The first-order valence-corrected chi connectivity index (χ1v) is 18.7. The van der Waals surface area contributed by atoms with Crippen molar-refractivity contribution in [2.75, 3.05) is 9.80 Å². The number of hydrogen-bond acceptors (Lipinski definition) is 5. The first-order chi connectivity index (χ1) is 25.4. The van der Waals surface area contributed by atoms with Gasteiger partial charge in [0.15, 0.2) is 0 Å². The molecule has 10 rings (SSSR count). The molecule has 4 heterocycles. The van der Waals surface area contributed by atoms with E-state index in [-0.39, 0.29) is 12.1 Å². The lowest BCUT2D eigenvalue weighted by Crippen LogP contribution is -2.61. The number of hydrogen-bond donors (Lipinski definition) is 0. The molecule has 0 N–H and O–H groups in total. The zero-order valence-electron chi connectivity index (χ0n) is 29.3. The van der Waals surface area contributed by atoms with Crippen LogP contribution in [0.5, 0.6) is 0 Å². The van der Waals surface area contributed by atoms with E-state index in [1.165, 1.54) is 49.4 Å². The lowest BCUT2D eigenvalue weighted by molar-refractivity contribution is 0.589. The molecule has 0 saturated heterocycles. The third-order valence-electron chi connectivity index (χ3n) is 10.5. The molecule has 0 radical (unpaired) electrons. The van der Waals surface area contributed by atoms with Gasteiger partial charge in [-0.2, -0.15) is 0 Å². The fraction of sp³-hybridized carbons (Fsp3) is 0.0870. The number of benzene rings is 6. The number of aromatic nitrogens is 2. The SMILES string of the molecule is CC(C)(C)c1ccnc(-c2ccc3c(c2)B2c4cc(-c5nc6ccccc6s5)ccc4N(c4ccccc4)c4cccc(c42)N3c2ccccc2)c1. The van der Waals surface area contributed by atoms with Gasteiger partial charge in [0.05, 0.1) is 15.9 Å². The van der Waals surface area contributed by atoms with Crippen molar-refractivity contribution in [2.24, 2.45) is 0 Å². The Bertz CT molecular complexity index is 2600. The minimum Gasteiger partial charge on any atom is -0.311 e. The molecule has 6 heteroatoms. The normalized spacial score (nSPS) is 13.2. The molecule has 248 valence electrons. The predicted octanol–water partition coefficient (Wildman–Crippen LogP) is 10.4. The second kappa shape index (κ2) is 11.8. The maximum Gasteiger partial charge on any atom is 0.252 e. The number of thiazole rings is 1. The Kier molecular flexibility index (Phi) is 6.99. The summed E-state index contributed by atoms with van der Waals surface area (Å²) in [5, 5.41) is 1.04. The van der Waals surface area contributed by atoms with E-state index in [0.29, 0.717) is 0 Å². The molecule has 0 bridgehead atoms. The number of rotatable bonds is 4. The van der Waals surface area contributed by atoms with Crippen LogP contribution >= 0.6 is 11.3 Å². The first-order valence-electron chi connectivity index (χ1n) is 17.9. The highest BCUT2D eigenvalue weighted by molar-refractivity contribution is 7.21. The molecule has 2 aromatic heterocycles. The lowest BCUT2D eigenvalue weighted by Gasteiger charge is -2.44. The van der Waals surface area contributed by atoms with E-state index in [1.54, 1.807) is 11.3 Å². The number of anilines is 6. The molecule has 0 unspecified atom stereocenters. The minimum absolute atomic E-state index is 0.0174. The zero-order chi connectivity index (χ0) is 35.0. The third-order valence-corrected chi connectivity index (χ3v) is 11.6. The fourth-order valence-corrected chi connectivity index (χ4v) is 8.96. The van der Waals surface area contributed by atoms with Crippen molar-refractivity contribution in [1.29, 1.82) is 0 Å². The van der Waals surface area contributed by atoms with Crippen LogP contribution in [0.15, 0.2) is 158 Å². The van der Waals surface area contributed by atoms with E-state index < -0.39 is 0 Å². The van der Waals surface area contributed by atoms with Crippen LogP contribution < -0.4 is 26.2 Å². The maximum atomic E-state index is 5.10. The van der Waals surface area contributed by atoms with Crippen LogP contribution in [0.4, 0.5) is 34.1 Å². The van der Waals surface area contributed by atoms with Gasteiger partial charge in [-0.15, -0.1) is 11.3 Å². The van der Waals surface area contributed by atoms with E-state index in [0.717, 1.165) is 38.7 Å². The summed E-state index contributed by atoms with van der Waals surface area (Å²) < 4.78 is 1.20. The Morgan fingerprint density at radius 2 is 1.15 bits per heavy atom. The van der Waals surface area contributed by atoms with E-state index in [2.05, 4.69) is 182 Å². The molecule has 0 fully saturated rings. The van der Waals surface area contributed by atoms with Crippen LogP contribution in [0.1, 0.15) is 26.3 Å². The van der Waals surface area contributed by atoms with Crippen molar-refractivity contribution in [3.05, 3.63) is 163 Å². The van der Waals surface area contributed by atoms with Gasteiger partial charge >= 0.3 is 0 Å². The molecule has 52 heavy (non-hydrogen) atoms. The molecule has 0 saturated carbocycles. The highest BCUT2D eigenvalue weighted by Crippen LogP contribution is 2.45. The van der Waals surface area contributed by atoms with E-state index in [9.17, 15) is 0 Å². The van der Waals surface area contributed by atoms with Crippen molar-refractivity contribution in [1.82, 2.24) is 9.97 Å². The van der Waals surface area contributed by atoms with Crippen LogP contribution in [0, 0.1) is 0 Å². The summed E-state index contributed by atoms with van der Waals surface area (Å²) in [7, 11) is 0. The Morgan fingerprint density at radius 3 is 1.79 bits per heavy atom. The predicted molar refractivity (Wildman–Crippen MR) is 221 cm³/mol. The minimum atomic E-state index is -0.0174. The maximum absolute atomic E-state index is 5.10. The Balaban J connectivity index is 1.26. The van der Waals surface area contributed by atoms with Gasteiger partial charge in [-0.25, -0.2) is 4.98 Å². The van der Waals surface area contributed by atoms with Crippen LogP contribution in [0.25, 0.3) is 32.0 Å². The second-order valence-corrected chi connectivity index (χ2v) is 15.7. The molecule has 0 amide bonds. The van der Waals surface area contributed by atoms with Crippen LogP contribution in [0.3, 0.4) is 0 Å². The summed E-state index contributed by atoms with van der Waals surface area (Å²) in [5.74, 6) is 0. The quantitative estimate of drug-likeness (QED) is 0.173. The van der Waals surface area contributed by atoms with Crippen molar-refractivity contribution in [3.8, 4) is 21.8 Å². The molecule has 2 aliphatic rings. The van der Waals surface area contributed by atoms with Crippen LogP contribution in [-0.2, 0) is 5.41 Å². The summed E-state index contributed by atoms with van der Waals surface area (Å²) in [6.07, 6.45) is 1.96. The van der Waals surface area contributed by atoms with Gasteiger partial charge in [0.1, 0.15) is 5.01 Å². The molecular formula is C46H35BN4S. The van der Waals surface area contributed by atoms with E-state index >= 15 is 0 Å². The highest BCUT2D eigenvalue weighted by atomic mass is 32.1. The smallest absolute Gasteiger partial charge is 0.252 e. The van der Waals surface area contributed by atoms with Gasteiger partial charge in [-0.3, -0.25) is 4.98 Å². The molecule has 8 aromatic rings.